The topological polar surface area (TPSA) is 54.7 Å². The van der Waals surface area contributed by atoms with Gasteiger partial charge in [0, 0.05) is 6.04 Å². The number of halogens is 1. The number of H-pyrrole nitrogens is 1. The van der Waals surface area contributed by atoms with E-state index >= 15 is 0 Å². The van der Waals surface area contributed by atoms with E-state index in [1.54, 1.807) is 6.07 Å². The Bertz CT molecular complexity index is 448. The lowest BCUT2D eigenvalue weighted by Crippen LogP contribution is -2.17. The van der Waals surface area contributed by atoms with Crippen LogP contribution < -0.4 is 5.73 Å². The summed E-state index contributed by atoms with van der Waals surface area (Å²) < 4.78 is 13.3. The molecule has 0 aliphatic rings. The summed E-state index contributed by atoms with van der Waals surface area (Å²) in [6, 6.07) is 5.58. The minimum atomic E-state index is -0.448. The summed E-state index contributed by atoms with van der Waals surface area (Å²) in [5, 5.41) is 6.73. The van der Waals surface area contributed by atoms with Crippen molar-refractivity contribution in [1.82, 2.24) is 10.2 Å². The van der Waals surface area contributed by atoms with E-state index in [-0.39, 0.29) is 6.04 Å². The van der Waals surface area contributed by atoms with Crippen molar-refractivity contribution in [2.75, 3.05) is 0 Å². The number of aromatic nitrogens is 2. The van der Waals surface area contributed by atoms with Gasteiger partial charge in [0.15, 0.2) is 0 Å². The van der Waals surface area contributed by atoms with Gasteiger partial charge >= 0.3 is 0 Å². The second-order valence-electron chi connectivity index (χ2n) is 3.54. The highest BCUT2D eigenvalue weighted by atomic mass is 19.1. The minimum Gasteiger partial charge on any atom is -0.328 e. The molecule has 0 aliphatic carbocycles. The van der Waals surface area contributed by atoms with Crippen LogP contribution in [0.3, 0.4) is 0 Å². The lowest BCUT2D eigenvalue weighted by Gasteiger charge is -2.05. The van der Waals surface area contributed by atoms with Gasteiger partial charge in [0.1, 0.15) is 0 Å². The number of rotatable bonds is 2. The molecule has 74 valence electrons. The number of aromatic amines is 1. The Balaban J connectivity index is 2.57. The molecule has 3 nitrogen and oxygen atoms in total. The molecule has 2 rings (SSSR count). The molecule has 0 radical (unpaired) electrons. The second kappa shape index (κ2) is 3.38. The number of nitrogens with two attached hydrogens (primary N) is 1. The highest BCUT2D eigenvalue weighted by Crippen LogP contribution is 2.20. The number of hydrogen-bond donors (Lipinski definition) is 2. The van der Waals surface area contributed by atoms with Gasteiger partial charge in [-0.2, -0.15) is 4.39 Å². The molecular weight excluding hydrogens is 181 g/mol. The molecule has 1 atom stereocenters. The van der Waals surface area contributed by atoms with Crippen molar-refractivity contribution < 1.29 is 4.39 Å². The van der Waals surface area contributed by atoms with E-state index in [0.29, 0.717) is 11.8 Å². The summed E-state index contributed by atoms with van der Waals surface area (Å²) >= 11 is 0. The van der Waals surface area contributed by atoms with Gasteiger partial charge in [0.25, 0.3) is 0 Å². The molecule has 0 unspecified atom stereocenters. The molecule has 4 heteroatoms. The van der Waals surface area contributed by atoms with Crippen LogP contribution in [0.15, 0.2) is 18.2 Å². The fraction of sp³-hybridized carbons (Fsp3) is 0.300. The maximum atomic E-state index is 13.3. The van der Waals surface area contributed by atoms with E-state index in [9.17, 15) is 4.39 Å². The molecule has 0 saturated heterocycles. The zero-order valence-corrected chi connectivity index (χ0v) is 7.92. The summed E-state index contributed by atoms with van der Waals surface area (Å²) in [5.74, 6) is -0.448. The van der Waals surface area contributed by atoms with Gasteiger partial charge in [0.2, 0.25) is 5.95 Å². The SMILES string of the molecule is C[C@@H](N)Cc1cccc2[nH]nc(F)c12. The summed E-state index contributed by atoms with van der Waals surface area (Å²) in [4.78, 5) is 0. The molecule has 0 amide bonds. The maximum absolute atomic E-state index is 13.3. The fourth-order valence-electron chi connectivity index (χ4n) is 1.62. The summed E-state index contributed by atoms with van der Waals surface area (Å²) in [6.07, 6.45) is 0.661. The van der Waals surface area contributed by atoms with Crippen molar-refractivity contribution in [3.05, 3.63) is 29.7 Å². The fourth-order valence-corrected chi connectivity index (χ4v) is 1.62. The summed E-state index contributed by atoms with van der Waals surface area (Å²) in [5.41, 5.74) is 7.31. The van der Waals surface area contributed by atoms with Crippen molar-refractivity contribution in [2.45, 2.75) is 19.4 Å². The van der Waals surface area contributed by atoms with E-state index < -0.39 is 5.95 Å². The van der Waals surface area contributed by atoms with Gasteiger partial charge < -0.3 is 5.73 Å². The monoisotopic (exact) mass is 193 g/mol. The molecule has 14 heavy (non-hydrogen) atoms. The predicted octanol–water partition coefficient (Wildman–Crippen LogP) is 1.59. The van der Waals surface area contributed by atoms with Gasteiger partial charge in [-0.3, -0.25) is 5.10 Å². The Labute approximate surface area is 81.1 Å². The number of benzene rings is 1. The average Bonchev–Trinajstić information content (AvgIpc) is 2.48. The maximum Gasteiger partial charge on any atom is 0.240 e. The molecule has 2 aromatic rings. The molecule has 1 heterocycles. The first kappa shape index (κ1) is 9.15. The summed E-state index contributed by atoms with van der Waals surface area (Å²) in [6.45, 7) is 1.90. The zero-order chi connectivity index (χ0) is 10.1. The van der Waals surface area contributed by atoms with Crippen molar-refractivity contribution in [3.63, 3.8) is 0 Å². The van der Waals surface area contributed by atoms with Crippen LogP contribution in [0.5, 0.6) is 0 Å². The van der Waals surface area contributed by atoms with Gasteiger partial charge in [-0.05, 0) is 25.0 Å². The molecular formula is C10H12FN3. The minimum absolute atomic E-state index is 0.0231. The molecule has 0 spiro atoms. The van der Waals surface area contributed by atoms with E-state index in [2.05, 4.69) is 10.2 Å². The number of hydrogen-bond acceptors (Lipinski definition) is 2. The van der Waals surface area contributed by atoms with Crippen LogP contribution in [0.2, 0.25) is 0 Å². The van der Waals surface area contributed by atoms with E-state index in [4.69, 9.17) is 5.73 Å². The van der Waals surface area contributed by atoms with Crippen molar-refractivity contribution in [1.29, 1.82) is 0 Å². The quantitative estimate of drug-likeness (QED) is 0.761. The second-order valence-corrected chi connectivity index (χ2v) is 3.54. The van der Waals surface area contributed by atoms with Crippen molar-refractivity contribution >= 4 is 10.9 Å². The normalized spacial score (nSPS) is 13.4. The van der Waals surface area contributed by atoms with Crippen LogP contribution in [0.4, 0.5) is 4.39 Å². The highest BCUT2D eigenvalue weighted by Gasteiger charge is 2.10. The van der Waals surface area contributed by atoms with Gasteiger partial charge in [-0.1, -0.05) is 12.1 Å². The molecule has 0 aliphatic heterocycles. The molecule has 0 saturated carbocycles. The third kappa shape index (κ3) is 1.48. The van der Waals surface area contributed by atoms with Crippen LogP contribution in [0, 0.1) is 5.95 Å². The first-order valence-corrected chi connectivity index (χ1v) is 4.55. The Morgan fingerprint density at radius 1 is 1.57 bits per heavy atom. The molecule has 1 aromatic carbocycles. The van der Waals surface area contributed by atoms with Gasteiger partial charge in [0.05, 0.1) is 10.9 Å². The first-order chi connectivity index (χ1) is 6.68. The molecule has 0 fully saturated rings. The Morgan fingerprint density at radius 3 is 3.07 bits per heavy atom. The highest BCUT2D eigenvalue weighted by molar-refractivity contribution is 5.82. The van der Waals surface area contributed by atoms with E-state index in [0.717, 1.165) is 11.1 Å². The third-order valence-electron chi connectivity index (χ3n) is 2.17. The van der Waals surface area contributed by atoms with Crippen LogP contribution in [0.25, 0.3) is 10.9 Å². The summed E-state index contributed by atoms with van der Waals surface area (Å²) in [7, 11) is 0. The zero-order valence-electron chi connectivity index (χ0n) is 7.92. The van der Waals surface area contributed by atoms with Crippen LogP contribution in [-0.2, 0) is 6.42 Å². The lowest BCUT2D eigenvalue weighted by molar-refractivity contribution is 0.587. The van der Waals surface area contributed by atoms with Crippen LogP contribution >= 0.6 is 0 Å². The molecule has 1 aromatic heterocycles. The number of nitrogens with one attached hydrogen (secondary N) is 1. The number of nitrogens with zero attached hydrogens (tertiary/aromatic N) is 1. The first-order valence-electron chi connectivity index (χ1n) is 4.55. The Hall–Kier alpha value is -1.42. The Kier molecular flexibility index (Phi) is 2.21. The Morgan fingerprint density at radius 2 is 2.36 bits per heavy atom. The smallest absolute Gasteiger partial charge is 0.240 e. The van der Waals surface area contributed by atoms with E-state index in [1.807, 2.05) is 19.1 Å². The van der Waals surface area contributed by atoms with Gasteiger partial charge in [-0.25, -0.2) is 0 Å². The van der Waals surface area contributed by atoms with Crippen LogP contribution in [0.1, 0.15) is 12.5 Å². The predicted molar refractivity (Wildman–Crippen MR) is 53.4 cm³/mol. The average molecular weight is 193 g/mol. The van der Waals surface area contributed by atoms with Crippen molar-refractivity contribution in [2.24, 2.45) is 5.73 Å². The molecule has 3 N–H and O–H groups in total. The third-order valence-corrected chi connectivity index (χ3v) is 2.17. The number of fused-ring (bicyclic) bond motifs is 1. The van der Waals surface area contributed by atoms with E-state index in [1.165, 1.54) is 0 Å². The standard InChI is InChI=1S/C10H12FN3/c1-6(12)5-7-3-2-4-8-9(7)10(11)14-13-8/h2-4,6H,5,12H2,1H3,(H,13,14)/t6-/m1/s1. The molecule has 0 bridgehead atoms. The van der Waals surface area contributed by atoms with Gasteiger partial charge in [-0.15, -0.1) is 5.10 Å². The lowest BCUT2D eigenvalue weighted by atomic mass is 10.0. The largest absolute Gasteiger partial charge is 0.328 e. The van der Waals surface area contributed by atoms with Crippen LogP contribution in [-0.4, -0.2) is 16.2 Å². The van der Waals surface area contributed by atoms with Crippen molar-refractivity contribution in [3.8, 4) is 0 Å².